The first-order valence-electron chi connectivity index (χ1n) is 2.55. The average molecular weight is 195 g/mol. The SMILES string of the molecule is Oc1ccc(Cl)c(Cl)c1P. The third-order valence-corrected chi connectivity index (χ3v) is 2.70. The Morgan fingerprint density at radius 2 is 1.90 bits per heavy atom. The summed E-state index contributed by atoms with van der Waals surface area (Å²) in [5, 5.41) is 10.4. The summed E-state index contributed by atoms with van der Waals surface area (Å²) in [5.74, 6) is 0.138. The van der Waals surface area contributed by atoms with Crippen LogP contribution in [0.15, 0.2) is 12.1 Å². The largest absolute Gasteiger partial charge is 0.507 e. The van der Waals surface area contributed by atoms with Gasteiger partial charge in [0.1, 0.15) is 5.75 Å². The molecule has 1 aromatic carbocycles. The van der Waals surface area contributed by atoms with Crippen LogP contribution in [0.4, 0.5) is 0 Å². The van der Waals surface area contributed by atoms with Gasteiger partial charge in [0.05, 0.1) is 10.0 Å². The molecule has 0 amide bonds. The maximum absolute atomic E-state index is 9.06. The number of aromatic hydroxyl groups is 1. The van der Waals surface area contributed by atoms with Gasteiger partial charge in [-0.25, -0.2) is 0 Å². The molecular weight excluding hydrogens is 190 g/mol. The van der Waals surface area contributed by atoms with Gasteiger partial charge in [0.25, 0.3) is 0 Å². The van der Waals surface area contributed by atoms with E-state index in [0.717, 1.165) is 0 Å². The highest BCUT2D eigenvalue weighted by Gasteiger charge is 2.03. The van der Waals surface area contributed by atoms with Gasteiger partial charge in [0, 0.05) is 5.30 Å². The van der Waals surface area contributed by atoms with Crippen LogP contribution in [0.1, 0.15) is 0 Å². The molecule has 1 rings (SSSR count). The van der Waals surface area contributed by atoms with Crippen molar-refractivity contribution in [3.8, 4) is 5.75 Å². The summed E-state index contributed by atoms with van der Waals surface area (Å²) in [6.07, 6.45) is 0. The Labute approximate surface area is 71.2 Å². The van der Waals surface area contributed by atoms with E-state index in [1.165, 1.54) is 6.07 Å². The maximum Gasteiger partial charge on any atom is 0.124 e. The Balaban J connectivity index is 3.34. The van der Waals surface area contributed by atoms with Crippen molar-refractivity contribution in [1.29, 1.82) is 0 Å². The van der Waals surface area contributed by atoms with Crippen molar-refractivity contribution < 1.29 is 5.11 Å². The first-order chi connectivity index (χ1) is 4.63. The molecule has 1 unspecified atom stereocenters. The van der Waals surface area contributed by atoms with Crippen LogP contribution in [0.3, 0.4) is 0 Å². The summed E-state index contributed by atoms with van der Waals surface area (Å²) in [5.41, 5.74) is 0. The van der Waals surface area contributed by atoms with Crippen molar-refractivity contribution in [1.82, 2.24) is 0 Å². The second kappa shape index (κ2) is 2.96. The van der Waals surface area contributed by atoms with E-state index >= 15 is 0 Å². The average Bonchev–Trinajstić information content (AvgIpc) is 1.93. The number of halogens is 2. The normalized spacial score (nSPS) is 9.90. The lowest BCUT2D eigenvalue weighted by Crippen LogP contribution is -1.93. The molecule has 0 saturated heterocycles. The van der Waals surface area contributed by atoms with Crippen molar-refractivity contribution in [3.63, 3.8) is 0 Å². The number of phenolic OH excluding ortho intramolecular Hbond substituents is 1. The topological polar surface area (TPSA) is 20.2 Å². The molecule has 4 heteroatoms. The molecule has 0 aliphatic rings. The van der Waals surface area contributed by atoms with Crippen LogP contribution in [0, 0.1) is 0 Å². The van der Waals surface area contributed by atoms with Gasteiger partial charge in [-0.2, -0.15) is 0 Å². The van der Waals surface area contributed by atoms with E-state index in [1.807, 2.05) is 0 Å². The summed E-state index contributed by atoms with van der Waals surface area (Å²) in [7, 11) is 2.31. The van der Waals surface area contributed by atoms with Crippen LogP contribution in [-0.2, 0) is 0 Å². The fourth-order valence-electron chi connectivity index (χ4n) is 0.556. The number of benzene rings is 1. The molecular formula is C6H5Cl2OP. The zero-order valence-electron chi connectivity index (χ0n) is 4.94. The quantitative estimate of drug-likeness (QED) is 0.629. The van der Waals surface area contributed by atoms with Gasteiger partial charge in [-0.1, -0.05) is 32.4 Å². The molecule has 1 atom stereocenters. The van der Waals surface area contributed by atoms with Crippen LogP contribution in [0.5, 0.6) is 5.75 Å². The molecule has 0 aliphatic heterocycles. The first kappa shape index (κ1) is 8.13. The minimum Gasteiger partial charge on any atom is -0.507 e. The van der Waals surface area contributed by atoms with E-state index < -0.39 is 0 Å². The second-order valence-corrected chi connectivity index (χ2v) is 3.16. The standard InChI is InChI=1S/C6H5Cl2OP/c7-3-1-2-4(9)6(10)5(3)8/h1-2,9H,10H2. The highest BCUT2D eigenvalue weighted by molar-refractivity contribution is 7.28. The Morgan fingerprint density at radius 3 is 2.40 bits per heavy atom. The third-order valence-electron chi connectivity index (χ3n) is 1.11. The Morgan fingerprint density at radius 1 is 1.30 bits per heavy atom. The van der Waals surface area contributed by atoms with Crippen LogP contribution in [0.25, 0.3) is 0 Å². The Kier molecular flexibility index (Phi) is 2.40. The molecule has 54 valence electrons. The van der Waals surface area contributed by atoms with Gasteiger partial charge in [-0.3, -0.25) is 0 Å². The lowest BCUT2D eigenvalue weighted by Gasteiger charge is -2.00. The Bertz CT molecular complexity index is 235. The minimum atomic E-state index is 0.138. The van der Waals surface area contributed by atoms with Crippen molar-refractivity contribution in [2.75, 3.05) is 0 Å². The van der Waals surface area contributed by atoms with Gasteiger partial charge in [0.15, 0.2) is 0 Å². The van der Waals surface area contributed by atoms with E-state index in [2.05, 4.69) is 9.24 Å². The number of hydrogen-bond acceptors (Lipinski definition) is 1. The number of phenols is 1. The van der Waals surface area contributed by atoms with Crippen molar-refractivity contribution in [3.05, 3.63) is 22.2 Å². The molecule has 1 aromatic rings. The molecule has 0 aliphatic carbocycles. The summed E-state index contributed by atoms with van der Waals surface area (Å²) in [4.78, 5) is 0. The van der Waals surface area contributed by atoms with Crippen LogP contribution < -0.4 is 5.30 Å². The fraction of sp³-hybridized carbons (Fsp3) is 0. The Hall–Kier alpha value is 0.0300. The minimum absolute atomic E-state index is 0.138. The van der Waals surface area contributed by atoms with E-state index in [0.29, 0.717) is 15.3 Å². The lowest BCUT2D eigenvalue weighted by molar-refractivity contribution is 0.480. The predicted octanol–water partition coefficient (Wildman–Crippen LogP) is 2.20. The van der Waals surface area contributed by atoms with Crippen LogP contribution >= 0.6 is 32.4 Å². The molecule has 10 heavy (non-hydrogen) atoms. The molecule has 0 radical (unpaired) electrons. The number of hydrogen-bond donors (Lipinski definition) is 1. The van der Waals surface area contributed by atoms with E-state index in [4.69, 9.17) is 28.3 Å². The van der Waals surface area contributed by atoms with E-state index in [9.17, 15) is 0 Å². The smallest absolute Gasteiger partial charge is 0.124 e. The summed E-state index contributed by atoms with van der Waals surface area (Å²) in [6, 6.07) is 3.04. The highest BCUT2D eigenvalue weighted by atomic mass is 35.5. The zero-order chi connectivity index (χ0) is 7.72. The van der Waals surface area contributed by atoms with Crippen molar-refractivity contribution in [2.24, 2.45) is 0 Å². The summed E-state index contributed by atoms with van der Waals surface area (Å²) >= 11 is 11.3. The van der Waals surface area contributed by atoms with Gasteiger partial charge in [-0.05, 0) is 12.1 Å². The molecule has 0 bridgehead atoms. The maximum atomic E-state index is 9.06. The second-order valence-electron chi connectivity index (χ2n) is 1.79. The number of rotatable bonds is 0. The molecule has 1 nitrogen and oxygen atoms in total. The molecule has 0 aromatic heterocycles. The predicted molar refractivity (Wildman–Crippen MR) is 47.5 cm³/mol. The monoisotopic (exact) mass is 194 g/mol. The van der Waals surface area contributed by atoms with Gasteiger partial charge >= 0.3 is 0 Å². The van der Waals surface area contributed by atoms with E-state index in [-0.39, 0.29) is 5.75 Å². The molecule has 0 spiro atoms. The zero-order valence-corrected chi connectivity index (χ0v) is 7.60. The van der Waals surface area contributed by atoms with Gasteiger partial charge in [-0.15, -0.1) is 0 Å². The molecule has 0 fully saturated rings. The third kappa shape index (κ3) is 1.37. The summed E-state index contributed by atoms with van der Waals surface area (Å²) < 4.78 is 0. The van der Waals surface area contributed by atoms with Crippen molar-refractivity contribution in [2.45, 2.75) is 0 Å². The summed E-state index contributed by atoms with van der Waals surface area (Å²) in [6.45, 7) is 0. The van der Waals surface area contributed by atoms with E-state index in [1.54, 1.807) is 6.07 Å². The van der Waals surface area contributed by atoms with Crippen molar-refractivity contribution >= 4 is 37.7 Å². The van der Waals surface area contributed by atoms with Gasteiger partial charge < -0.3 is 5.11 Å². The molecule has 0 heterocycles. The molecule has 0 saturated carbocycles. The first-order valence-corrected chi connectivity index (χ1v) is 3.88. The highest BCUT2D eigenvalue weighted by Crippen LogP contribution is 2.25. The lowest BCUT2D eigenvalue weighted by atomic mass is 10.3. The molecule has 1 N–H and O–H groups in total. The fourth-order valence-corrected chi connectivity index (χ4v) is 1.22. The van der Waals surface area contributed by atoms with Crippen LogP contribution in [-0.4, -0.2) is 5.11 Å². The van der Waals surface area contributed by atoms with Gasteiger partial charge in [0.2, 0.25) is 0 Å². The van der Waals surface area contributed by atoms with Crippen LogP contribution in [0.2, 0.25) is 10.0 Å².